The van der Waals surface area contributed by atoms with Gasteiger partial charge in [-0.2, -0.15) is 0 Å². The zero-order valence-corrected chi connectivity index (χ0v) is 16.6. The minimum atomic E-state index is -0.967. The van der Waals surface area contributed by atoms with Crippen LogP contribution in [-0.2, 0) is 9.53 Å². The van der Waals surface area contributed by atoms with E-state index in [2.05, 4.69) is 5.32 Å². The highest BCUT2D eigenvalue weighted by Gasteiger charge is 2.37. The number of carbonyl (C=O) groups is 2. The lowest BCUT2D eigenvalue weighted by Crippen LogP contribution is -2.53. The van der Waals surface area contributed by atoms with Gasteiger partial charge in [0, 0.05) is 18.8 Å². The van der Waals surface area contributed by atoms with Crippen LogP contribution >= 0.6 is 11.6 Å². The molecule has 7 nitrogen and oxygen atoms in total. The van der Waals surface area contributed by atoms with E-state index in [0.717, 1.165) is 0 Å². The number of aliphatic carboxylic acids is 1. The zero-order chi connectivity index (χ0) is 20.0. The minimum Gasteiger partial charge on any atom is -0.493 e. The van der Waals surface area contributed by atoms with Crippen LogP contribution in [0.3, 0.4) is 0 Å². The van der Waals surface area contributed by atoms with Crippen LogP contribution in [0.2, 0.25) is 5.02 Å². The first kappa shape index (κ1) is 21.3. The largest absolute Gasteiger partial charge is 0.493 e. The summed E-state index contributed by atoms with van der Waals surface area (Å²) in [4.78, 5) is 24.1. The van der Waals surface area contributed by atoms with Crippen molar-refractivity contribution in [3.8, 4) is 11.5 Å². The van der Waals surface area contributed by atoms with Crippen molar-refractivity contribution in [2.24, 2.45) is 5.92 Å². The summed E-state index contributed by atoms with van der Waals surface area (Å²) in [5.74, 6) is -0.333. The van der Waals surface area contributed by atoms with Gasteiger partial charge in [-0.1, -0.05) is 25.4 Å². The molecule has 0 unspecified atom stereocenters. The Morgan fingerprint density at radius 3 is 2.56 bits per heavy atom. The molecule has 8 heteroatoms. The molecule has 0 aliphatic carbocycles. The molecule has 2 rings (SSSR count). The van der Waals surface area contributed by atoms with Crippen molar-refractivity contribution in [1.82, 2.24) is 5.32 Å². The van der Waals surface area contributed by atoms with Crippen LogP contribution in [0.1, 0.15) is 43.5 Å². The van der Waals surface area contributed by atoms with Gasteiger partial charge in [0.1, 0.15) is 0 Å². The molecule has 1 amide bonds. The number of hydrogen-bond acceptors (Lipinski definition) is 5. The lowest BCUT2D eigenvalue weighted by molar-refractivity contribution is -0.139. The van der Waals surface area contributed by atoms with E-state index in [0.29, 0.717) is 50.1 Å². The van der Waals surface area contributed by atoms with Crippen molar-refractivity contribution >= 4 is 23.5 Å². The molecule has 0 radical (unpaired) electrons. The third-order valence-electron chi connectivity index (χ3n) is 4.37. The maximum atomic E-state index is 12.8. The van der Waals surface area contributed by atoms with Crippen LogP contribution in [0.25, 0.3) is 0 Å². The molecule has 1 heterocycles. The highest BCUT2D eigenvalue weighted by atomic mass is 35.5. The summed E-state index contributed by atoms with van der Waals surface area (Å²) in [5, 5.41) is 12.4. The fourth-order valence-corrected chi connectivity index (χ4v) is 3.22. The zero-order valence-electron chi connectivity index (χ0n) is 15.8. The Hall–Kier alpha value is -1.99. The molecule has 2 N–H and O–H groups in total. The number of amides is 1. The first-order chi connectivity index (χ1) is 12.8. The van der Waals surface area contributed by atoms with E-state index in [1.807, 2.05) is 13.8 Å². The molecular weight excluding hydrogens is 374 g/mol. The lowest BCUT2D eigenvalue weighted by Gasteiger charge is -2.36. The first-order valence-electron chi connectivity index (χ1n) is 8.89. The van der Waals surface area contributed by atoms with E-state index < -0.39 is 17.4 Å². The second-order valence-electron chi connectivity index (χ2n) is 7.11. The SMILES string of the molecule is COc1cc(C(=O)NC2(CC(=O)O)CCOCC2)cc(Cl)c1OCC(C)C. The molecule has 1 aliphatic heterocycles. The van der Waals surface area contributed by atoms with E-state index >= 15 is 0 Å². The Morgan fingerprint density at radius 2 is 2.00 bits per heavy atom. The third-order valence-corrected chi connectivity index (χ3v) is 4.65. The molecule has 1 aromatic carbocycles. The minimum absolute atomic E-state index is 0.164. The van der Waals surface area contributed by atoms with E-state index in [-0.39, 0.29) is 17.0 Å². The second kappa shape index (κ2) is 9.28. The molecule has 1 fully saturated rings. The average Bonchev–Trinajstić information content (AvgIpc) is 2.59. The van der Waals surface area contributed by atoms with E-state index in [1.165, 1.54) is 13.2 Å². The first-order valence-corrected chi connectivity index (χ1v) is 9.26. The van der Waals surface area contributed by atoms with Crippen molar-refractivity contribution in [2.45, 2.75) is 38.6 Å². The molecule has 0 saturated carbocycles. The summed E-state index contributed by atoms with van der Waals surface area (Å²) in [6.07, 6.45) is 0.708. The summed E-state index contributed by atoms with van der Waals surface area (Å²) in [6.45, 7) is 5.29. The monoisotopic (exact) mass is 399 g/mol. The number of carboxylic acid groups (broad SMARTS) is 1. The summed E-state index contributed by atoms with van der Waals surface area (Å²) in [5.41, 5.74) is -0.557. The van der Waals surface area contributed by atoms with Crippen molar-refractivity contribution in [3.63, 3.8) is 0 Å². The van der Waals surface area contributed by atoms with Gasteiger partial charge in [0.05, 0.1) is 30.7 Å². The molecule has 0 aromatic heterocycles. The number of rotatable bonds is 8. The van der Waals surface area contributed by atoms with Crippen molar-refractivity contribution < 1.29 is 28.9 Å². The van der Waals surface area contributed by atoms with Crippen LogP contribution in [0, 0.1) is 5.92 Å². The Kier molecular flexibility index (Phi) is 7.33. The smallest absolute Gasteiger partial charge is 0.305 e. The van der Waals surface area contributed by atoms with Gasteiger partial charge < -0.3 is 24.6 Å². The Bertz CT molecular complexity index is 685. The number of methoxy groups -OCH3 is 1. The number of nitrogens with one attached hydrogen (secondary N) is 1. The summed E-state index contributed by atoms with van der Waals surface area (Å²) in [7, 11) is 1.47. The topological polar surface area (TPSA) is 94.1 Å². The van der Waals surface area contributed by atoms with Crippen molar-refractivity contribution in [2.75, 3.05) is 26.9 Å². The van der Waals surface area contributed by atoms with Crippen molar-refractivity contribution in [1.29, 1.82) is 0 Å². The van der Waals surface area contributed by atoms with Gasteiger partial charge in [0.15, 0.2) is 11.5 Å². The maximum absolute atomic E-state index is 12.8. The maximum Gasteiger partial charge on any atom is 0.305 e. The second-order valence-corrected chi connectivity index (χ2v) is 7.52. The van der Waals surface area contributed by atoms with Gasteiger partial charge in [-0.3, -0.25) is 9.59 Å². The third kappa shape index (κ3) is 5.74. The van der Waals surface area contributed by atoms with Crippen LogP contribution in [0.4, 0.5) is 0 Å². The number of ether oxygens (including phenoxy) is 3. The normalized spacial score (nSPS) is 16.0. The summed E-state index contributed by atoms with van der Waals surface area (Å²) in [6, 6.07) is 3.05. The van der Waals surface area contributed by atoms with Crippen LogP contribution in [0.5, 0.6) is 11.5 Å². The number of halogens is 1. The Morgan fingerprint density at radius 1 is 1.33 bits per heavy atom. The van der Waals surface area contributed by atoms with E-state index in [1.54, 1.807) is 6.07 Å². The lowest BCUT2D eigenvalue weighted by atomic mass is 9.86. The molecule has 0 bridgehead atoms. The average molecular weight is 400 g/mol. The van der Waals surface area contributed by atoms with Gasteiger partial charge >= 0.3 is 5.97 Å². The number of benzene rings is 1. The molecule has 1 aromatic rings. The molecule has 150 valence electrons. The van der Waals surface area contributed by atoms with Crippen molar-refractivity contribution in [3.05, 3.63) is 22.7 Å². The fourth-order valence-electron chi connectivity index (χ4n) is 2.95. The van der Waals surface area contributed by atoms with Gasteiger partial charge in [-0.15, -0.1) is 0 Å². The Balaban J connectivity index is 2.24. The predicted octanol–water partition coefficient (Wildman–Crippen LogP) is 3.14. The predicted molar refractivity (Wildman–Crippen MR) is 101 cm³/mol. The van der Waals surface area contributed by atoms with Gasteiger partial charge in [0.25, 0.3) is 5.91 Å². The fraction of sp³-hybridized carbons (Fsp3) is 0.579. The number of carboxylic acids is 1. The van der Waals surface area contributed by atoms with Gasteiger partial charge in [-0.25, -0.2) is 0 Å². The molecule has 1 saturated heterocycles. The van der Waals surface area contributed by atoms with Crippen LogP contribution in [0.15, 0.2) is 12.1 Å². The van der Waals surface area contributed by atoms with E-state index in [4.69, 9.17) is 25.8 Å². The van der Waals surface area contributed by atoms with Gasteiger partial charge in [0.2, 0.25) is 0 Å². The molecule has 1 aliphatic rings. The van der Waals surface area contributed by atoms with Crippen LogP contribution < -0.4 is 14.8 Å². The number of carbonyl (C=O) groups excluding carboxylic acids is 1. The highest BCUT2D eigenvalue weighted by Crippen LogP contribution is 2.37. The molecule has 27 heavy (non-hydrogen) atoms. The Labute approximate surface area is 163 Å². The molecule has 0 spiro atoms. The highest BCUT2D eigenvalue weighted by molar-refractivity contribution is 6.32. The van der Waals surface area contributed by atoms with Crippen LogP contribution in [-0.4, -0.2) is 49.5 Å². The quantitative estimate of drug-likeness (QED) is 0.697. The molecular formula is C19H26ClNO6. The number of hydrogen-bond donors (Lipinski definition) is 2. The summed E-state index contributed by atoms with van der Waals surface area (Å²) < 4.78 is 16.3. The summed E-state index contributed by atoms with van der Waals surface area (Å²) >= 11 is 6.30. The molecule has 0 atom stereocenters. The van der Waals surface area contributed by atoms with Gasteiger partial charge in [-0.05, 0) is 30.9 Å². The standard InChI is InChI=1S/C19H26ClNO6/c1-12(2)11-27-17-14(20)8-13(9-15(17)25-3)18(24)21-19(10-16(22)23)4-6-26-7-5-19/h8-9,12H,4-7,10-11H2,1-3H3,(H,21,24)(H,22,23). The van der Waals surface area contributed by atoms with E-state index in [9.17, 15) is 14.7 Å².